The fraction of sp³-hybridized carbons (Fsp3) is 0.462. The second-order valence-corrected chi connectivity index (χ2v) is 5.55. The van der Waals surface area contributed by atoms with Gasteiger partial charge in [0.25, 0.3) is 0 Å². The van der Waals surface area contributed by atoms with Crippen molar-refractivity contribution in [3.05, 3.63) is 34.3 Å². The van der Waals surface area contributed by atoms with Gasteiger partial charge in [0.15, 0.2) is 5.78 Å². The van der Waals surface area contributed by atoms with Crippen LogP contribution in [0.15, 0.2) is 28.7 Å². The first-order valence-corrected chi connectivity index (χ1v) is 6.70. The van der Waals surface area contributed by atoms with Gasteiger partial charge in [0.05, 0.1) is 0 Å². The summed E-state index contributed by atoms with van der Waals surface area (Å²) >= 11 is 3.25. The summed E-state index contributed by atoms with van der Waals surface area (Å²) in [6.45, 7) is -0.0962. The Bertz CT molecular complexity index is 481. The van der Waals surface area contributed by atoms with Crippen molar-refractivity contribution in [2.45, 2.75) is 19.0 Å². The Kier molecular flexibility index (Phi) is 4.01. The van der Waals surface area contributed by atoms with Crippen LogP contribution in [-0.2, 0) is 11.2 Å². The third-order valence-corrected chi connectivity index (χ3v) is 4.31. The minimum atomic E-state index is -4.51. The minimum absolute atomic E-state index is 0.181. The van der Waals surface area contributed by atoms with Gasteiger partial charge in [-0.1, -0.05) is 34.1 Å². The zero-order valence-electron chi connectivity index (χ0n) is 10.1. The van der Waals surface area contributed by atoms with Gasteiger partial charge in [-0.2, -0.15) is 13.2 Å². The summed E-state index contributed by atoms with van der Waals surface area (Å²) in [5.41, 5.74) is -1.65. The number of hydrogen-bond acceptors (Lipinski definition) is 2. The Morgan fingerprint density at radius 2 is 2.05 bits per heavy atom. The number of hydrogen-bond donors (Lipinski definition) is 1. The molecule has 6 heteroatoms. The molecule has 1 fully saturated rings. The largest absolute Gasteiger partial charge is 0.402 e. The first kappa shape index (κ1) is 14.5. The minimum Gasteiger partial charge on any atom is -0.315 e. The van der Waals surface area contributed by atoms with Crippen molar-refractivity contribution < 1.29 is 18.0 Å². The zero-order valence-corrected chi connectivity index (χ0v) is 11.6. The predicted molar refractivity (Wildman–Crippen MR) is 68.8 cm³/mol. The van der Waals surface area contributed by atoms with Gasteiger partial charge in [-0.05, 0) is 24.6 Å². The van der Waals surface area contributed by atoms with E-state index >= 15 is 0 Å². The van der Waals surface area contributed by atoms with Crippen molar-refractivity contribution in [1.82, 2.24) is 5.32 Å². The highest BCUT2D eigenvalue weighted by Gasteiger charge is 2.60. The van der Waals surface area contributed by atoms with Gasteiger partial charge in [0.2, 0.25) is 0 Å². The highest BCUT2D eigenvalue weighted by atomic mass is 79.9. The van der Waals surface area contributed by atoms with Gasteiger partial charge < -0.3 is 5.32 Å². The summed E-state index contributed by atoms with van der Waals surface area (Å²) in [4.78, 5) is 12.2. The number of carbonyl (C=O) groups is 1. The van der Waals surface area contributed by atoms with Gasteiger partial charge in [-0.25, -0.2) is 0 Å². The van der Waals surface area contributed by atoms with E-state index < -0.39 is 17.4 Å². The average molecular weight is 336 g/mol. The van der Waals surface area contributed by atoms with Crippen molar-refractivity contribution in [3.63, 3.8) is 0 Å². The zero-order chi connectivity index (χ0) is 14.1. The quantitative estimate of drug-likeness (QED) is 0.919. The standard InChI is InChI=1S/C13H13BrF3NO/c14-10-4-2-1-3-9(10)7-11(19)12(13(15,16)17)5-6-18-8-12/h1-4,18H,5-8H2. The fourth-order valence-electron chi connectivity index (χ4n) is 2.31. The number of benzene rings is 1. The Morgan fingerprint density at radius 1 is 1.37 bits per heavy atom. The Hall–Kier alpha value is -0.880. The first-order chi connectivity index (χ1) is 8.87. The van der Waals surface area contributed by atoms with E-state index in [1.54, 1.807) is 24.3 Å². The molecular formula is C13H13BrF3NO. The molecule has 0 aliphatic carbocycles. The molecule has 0 saturated carbocycles. The molecule has 0 bridgehead atoms. The molecule has 0 spiro atoms. The molecule has 1 N–H and O–H groups in total. The molecule has 1 unspecified atom stereocenters. The van der Waals surface area contributed by atoms with Crippen LogP contribution in [0.5, 0.6) is 0 Å². The van der Waals surface area contributed by atoms with E-state index in [-0.39, 0.29) is 25.9 Å². The second kappa shape index (κ2) is 5.25. The SMILES string of the molecule is O=C(Cc1ccccc1Br)C1(C(F)(F)F)CCNC1. The molecule has 1 atom stereocenters. The van der Waals surface area contributed by atoms with E-state index in [9.17, 15) is 18.0 Å². The van der Waals surface area contributed by atoms with E-state index in [0.29, 0.717) is 10.0 Å². The van der Waals surface area contributed by atoms with E-state index in [1.165, 1.54) is 0 Å². The van der Waals surface area contributed by atoms with Crippen LogP contribution in [0.3, 0.4) is 0 Å². The molecule has 1 saturated heterocycles. The molecule has 1 aromatic rings. The number of rotatable bonds is 3. The first-order valence-electron chi connectivity index (χ1n) is 5.91. The average Bonchev–Trinajstić information content (AvgIpc) is 2.82. The number of nitrogens with one attached hydrogen (secondary N) is 1. The summed E-state index contributed by atoms with van der Waals surface area (Å²) < 4.78 is 40.3. The van der Waals surface area contributed by atoms with Crippen molar-refractivity contribution in [2.24, 2.45) is 5.41 Å². The van der Waals surface area contributed by atoms with Crippen LogP contribution in [0.1, 0.15) is 12.0 Å². The number of ketones is 1. The highest BCUT2D eigenvalue weighted by molar-refractivity contribution is 9.10. The number of halogens is 4. The van der Waals surface area contributed by atoms with Gasteiger partial charge in [0.1, 0.15) is 5.41 Å². The van der Waals surface area contributed by atoms with Crippen molar-refractivity contribution >= 4 is 21.7 Å². The van der Waals surface area contributed by atoms with Crippen LogP contribution in [0.4, 0.5) is 13.2 Å². The van der Waals surface area contributed by atoms with Crippen LogP contribution in [0, 0.1) is 5.41 Å². The molecular weight excluding hydrogens is 323 g/mol. The molecule has 0 amide bonds. The molecule has 2 rings (SSSR count). The fourth-order valence-corrected chi connectivity index (χ4v) is 2.74. The maximum atomic E-state index is 13.2. The molecule has 1 heterocycles. The molecule has 2 nitrogen and oxygen atoms in total. The van der Waals surface area contributed by atoms with Crippen molar-refractivity contribution in [3.8, 4) is 0 Å². The summed E-state index contributed by atoms with van der Waals surface area (Å²) in [6, 6.07) is 6.85. The molecule has 1 aliphatic heterocycles. The van der Waals surface area contributed by atoms with Gasteiger partial charge in [-0.15, -0.1) is 0 Å². The molecule has 0 radical (unpaired) electrons. The van der Waals surface area contributed by atoms with E-state index in [0.717, 1.165) is 0 Å². The lowest BCUT2D eigenvalue weighted by atomic mass is 9.79. The normalized spacial score (nSPS) is 23.6. The summed E-state index contributed by atoms with van der Waals surface area (Å²) in [6.07, 6.45) is -4.89. The third kappa shape index (κ3) is 2.69. The lowest BCUT2D eigenvalue weighted by Crippen LogP contribution is -2.47. The van der Waals surface area contributed by atoms with E-state index in [2.05, 4.69) is 21.2 Å². The Morgan fingerprint density at radius 3 is 2.58 bits per heavy atom. The van der Waals surface area contributed by atoms with Crippen LogP contribution in [-0.4, -0.2) is 25.0 Å². The van der Waals surface area contributed by atoms with Gasteiger partial charge in [-0.3, -0.25) is 4.79 Å². The molecule has 19 heavy (non-hydrogen) atoms. The van der Waals surface area contributed by atoms with E-state index in [4.69, 9.17) is 0 Å². The van der Waals surface area contributed by atoms with Crippen LogP contribution in [0.2, 0.25) is 0 Å². The highest BCUT2D eigenvalue weighted by Crippen LogP contribution is 2.44. The van der Waals surface area contributed by atoms with Crippen LogP contribution >= 0.6 is 15.9 Å². The third-order valence-electron chi connectivity index (χ3n) is 3.54. The van der Waals surface area contributed by atoms with E-state index in [1.807, 2.05) is 0 Å². The van der Waals surface area contributed by atoms with Crippen LogP contribution in [0.25, 0.3) is 0 Å². The van der Waals surface area contributed by atoms with Crippen molar-refractivity contribution in [2.75, 3.05) is 13.1 Å². The number of alkyl halides is 3. The smallest absolute Gasteiger partial charge is 0.315 e. The second-order valence-electron chi connectivity index (χ2n) is 4.70. The summed E-state index contributed by atoms with van der Waals surface area (Å²) in [7, 11) is 0. The lowest BCUT2D eigenvalue weighted by molar-refractivity contribution is -0.214. The Labute approximate surface area is 117 Å². The number of Topliss-reactive ketones (excluding diaryl/α,β-unsaturated/α-hetero) is 1. The lowest BCUT2D eigenvalue weighted by Gasteiger charge is -2.29. The van der Waals surface area contributed by atoms with Gasteiger partial charge >= 0.3 is 6.18 Å². The molecule has 1 aliphatic rings. The van der Waals surface area contributed by atoms with Crippen LogP contribution < -0.4 is 5.32 Å². The molecule has 104 valence electrons. The van der Waals surface area contributed by atoms with Crippen molar-refractivity contribution in [1.29, 1.82) is 0 Å². The monoisotopic (exact) mass is 335 g/mol. The number of carbonyl (C=O) groups excluding carboxylic acids is 1. The maximum absolute atomic E-state index is 13.2. The summed E-state index contributed by atoms with van der Waals surface area (Å²) in [5, 5.41) is 2.65. The molecule has 0 aromatic heterocycles. The van der Waals surface area contributed by atoms with Gasteiger partial charge in [0, 0.05) is 17.4 Å². The maximum Gasteiger partial charge on any atom is 0.402 e. The molecule has 1 aromatic carbocycles. The Balaban J connectivity index is 2.25. The topological polar surface area (TPSA) is 29.1 Å². The predicted octanol–water partition coefficient (Wildman–Crippen LogP) is 3.10. The summed E-state index contributed by atoms with van der Waals surface area (Å²) in [5.74, 6) is -0.767.